The van der Waals surface area contributed by atoms with Gasteiger partial charge in [-0.05, 0) is 31.4 Å². The summed E-state index contributed by atoms with van der Waals surface area (Å²) < 4.78 is 0. The zero-order valence-electron chi connectivity index (χ0n) is 11.4. The number of carbonyl (C=O) groups is 2. The maximum atomic E-state index is 11.6. The van der Waals surface area contributed by atoms with Crippen molar-refractivity contribution in [2.75, 3.05) is 18.6 Å². The average Bonchev–Trinajstić information content (AvgIpc) is 2.29. The van der Waals surface area contributed by atoms with Gasteiger partial charge in [-0.25, -0.2) is 4.79 Å². The molecule has 0 saturated carbocycles. The fourth-order valence-electron chi connectivity index (χ4n) is 1.40. The van der Waals surface area contributed by atoms with Crippen LogP contribution in [0.3, 0.4) is 0 Å². The van der Waals surface area contributed by atoms with E-state index in [2.05, 4.69) is 10.6 Å². The SMILES string of the molecule is CSCC[C@@H](NC(=O)CCCNC(C)C)C(=O)O. The van der Waals surface area contributed by atoms with Crippen molar-refractivity contribution in [2.24, 2.45) is 0 Å². The summed E-state index contributed by atoms with van der Waals surface area (Å²) in [5.74, 6) is -0.418. The second kappa shape index (κ2) is 10.2. The molecular formula is C12H24N2O3S. The molecule has 0 spiro atoms. The van der Waals surface area contributed by atoms with Gasteiger partial charge in [-0.1, -0.05) is 13.8 Å². The quantitative estimate of drug-likeness (QED) is 0.521. The standard InChI is InChI=1S/C12H24N2O3S/c1-9(2)13-7-4-5-11(15)14-10(12(16)17)6-8-18-3/h9-10,13H,4-8H2,1-3H3,(H,14,15)(H,16,17)/t10-/m1/s1. The molecule has 0 aliphatic rings. The molecule has 5 nitrogen and oxygen atoms in total. The summed E-state index contributed by atoms with van der Waals surface area (Å²) in [6.07, 6.45) is 3.46. The first kappa shape index (κ1) is 17.2. The molecule has 0 rings (SSSR count). The molecule has 0 fully saturated rings. The van der Waals surface area contributed by atoms with E-state index >= 15 is 0 Å². The van der Waals surface area contributed by atoms with Gasteiger partial charge in [0.05, 0.1) is 0 Å². The third-order valence-electron chi connectivity index (χ3n) is 2.38. The Labute approximate surface area is 113 Å². The first-order chi connectivity index (χ1) is 8.47. The molecule has 1 atom stereocenters. The number of carboxylic acid groups (broad SMARTS) is 1. The van der Waals surface area contributed by atoms with Crippen LogP contribution in [-0.2, 0) is 9.59 Å². The van der Waals surface area contributed by atoms with Gasteiger partial charge < -0.3 is 15.7 Å². The number of carboxylic acids is 1. The molecule has 0 bridgehead atoms. The Kier molecular flexibility index (Phi) is 9.77. The highest BCUT2D eigenvalue weighted by atomic mass is 32.2. The summed E-state index contributed by atoms with van der Waals surface area (Å²) in [6, 6.07) is -0.357. The molecule has 0 radical (unpaired) electrons. The molecule has 6 heteroatoms. The Morgan fingerprint density at radius 3 is 2.50 bits per heavy atom. The van der Waals surface area contributed by atoms with E-state index in [4.69, 9.17) is 5.11 Å². The van der Waals surface area contributed by atoms with Crippen molar-refractivity contribution in [3.8, 4) is 0 Å². The lowest BCUT2D eigenvalue weighted by atomic mass is 10.2. The Bertz CT molecular complexity index is 260. The fraction of sp³-hybridized carbons (Fsp3) is 0.833. The molecule has 0 unspecified atom stereocenters. The van der Waals surface area contributed by atoms with Crippen LogP contribution in [0, 0.1) is 0 Å². The number of hydrogen-bond acceptors (Lipinski definition) is 4. The molecular weight excluding hydrogens is 252 g/mol. The first-order valence-electron chi connectivity index (χ1n) is 6.21. The van der Waals surface area contributed by atoms with Crippen molar-refractivity contribution < 1.29 is 14.7 Å². The molecule has 1 amide bonds. The molecule has 3 N–H and O–H groups in total. The molecule has 0 aliphatic carbocycles. The molecule has 106 valence electrons. The highest BCUT2D eigenvalue weighted by Gasteiger charge is 2.18. The van der Waals surface area contributed by atoms with E-state index in [9.17, 15) is 9.59 Å². The molecule has 0 aliphatic heterocycles. The van der Waals surface area contributed by atoms with Crippen LogP contribution in [0.25, 0.3) is 0 Å². The molecule has 0 aromatic heterocycles. The van der Waals surface area contributed by atoms with Crippen LogP contribution in [0.1, 0.15) is 33.1 Å². The van der Waals surface area contributed by atoms with Crippen LogP contribution in [0.2, 0.25) is 0 Å². The van der Waals surface area contributed by atoms with Gasteiger partial charge in [0.15, 0.2) is 0 Å². The van der Waals surface area contributed by atoms with E-state index in [0.717, 1.165) is 18.7 Å². The summed E-state index contributed by atoms with van der Waals surface area (Å²) in [7, 11) is 0. The fourth-order valence-corrected chi connectivity index (χ4v) is 1.87. The number of carbonyl (C=O) groups excluding carboxylic acids is 1. The van der Waals surface area contributed by atoms with Crippen molar-refractivity contribution in [1.29, 1.82) is 0 Å². The van der Waals surface area contributed by atoms with Crippen LogP contribution in [0.15, 0.2) is 0 Å². The predicted octanol–water partition coefficient (Wildman–Crippen LogP) is 1.09. The highest BCUT2D eigenvalue weighted by Crippen LogP contribution is 2.02. The summed E-state index contributed by atoms with van der Waals surface area (Å²) >= 11 is 1.57. The molecule has 0 saturated heterocycles. The Morgan fingerprint density at radius 2 is 2.00 bits per heavy atom. The van der Waals surface area contributed by atoms with Gasteiger partial charge in [-0.3, -0.25) is 4.79 Å². The number of rotatable bonds is 10. The van der Waals surface area contributed by atoms with E-state index in [-0.39, 0.29) is 5.91 Å². The summed E-state index contributed by atoms with van der Waals surface area (Å²) in [6.45, 7) is 4.86. The van der Waals surface area contributed by atoms with Crippen molar-refractivity contribution in [3.05, 3.63) is 0 Å². The molecule has 0 aromatic carbocycles. The van der Waals surface area contributed by atoms with Crippen molar-refractivity contribution in [3.63, 3.8) is 0 Å². The minimum atomic E-state index is -0.960. The van der Waals surface area contributed by atoms with Gasteiger partial charge >= 0.3 is 5.97 Å². The van der Waals surface area contributed by atoms with E-state index in [0.29, 0.717) is 18.9 Å². The van der Waals surface area contributed by atoms with Gasteiger partial charge in [-0.2, -0.15) is 11.8 Å². The number of hydrogen-bond donors (Lipinski definition) is 3. The van der Waals surface area contributed by atoms with Crippen LogP contribution in [0.5, 0.6) is 0 Å². The Hall–Kier alpha value is -0.750. The van der Waals surface area contributed by atoms with Crippen LogP contribution >= 0.6 is 11.8 Å². The third-order valence-corrected chi connectivity index (χ3v) is 3.02. The van der Waals surface area contributed by atoms with E-state index < -0.39 is 12.0 Å². The second-order valence-corrected chi connectivity index (χ2v) is 5.44. The smallest absolute Gasteiger partial charge is 0.326 e. The number of thioether (sulfide) groups is 1. The van der Waals surface area contributed by atoms with Crippen LogP contribution in [-0.4, -0.2) is 47.6 Å². The number of amides is 1. The number of nitrogens with one attached hydrogen (secondary N) is 2. The average molecular weight is 276 g/mol. The highest BCUT2D eigenvalue weighted by molar-refractivity contribution is 7.98. The normalized spacial score (nSPS) is 12.4. The molecule has 0 aromatic rings. The van der Waals surface area contributed by atoms with Gasteiger partial charge in [0.2, 0.25) is 5.91 Å². The van der Waals surface area contributed by atoms with Crippen LogP contribution in [0.4, 0.5) is 0 Å². The monoisotopic (exact) mass is 276 g/mol. The van der Waals surface area contributed by atoms with Gasteiger partial charge in [-0.15, -0.1) is 0 Å². The van der Waals surface area contributed by atoms with Crippen LogP contribution < -0.4 is 10.6 Å². The lowest BCUT2D eigenvalue weighted by Gasteiger charge is -2.14. The second-order valence-electron chi connectivity index (χ2n) is 4.45. The first-order valence-corrected chi connectivity index (χ1v) is 7.61. The Balaban J connectivity index is 3.84. The van der Waals surface area contributed by atoms with Gasteiger partial charge in [0, 0.05) is 12.5 Å². The summed E-state index contributed by atoms with van der Waals surface area (Å²) in [4.78, 5) is 22.5. The van der Waals surface area contributed by atoms with E-state index in [1.165, 1.54) is 0 Å². The summed E-state index contributed by atoms with van der Waals surface area (Å²) in [5, 5.41) is 14.7. The van der Waals surface area contributed by atoms with Crippen molar-refractivity contribution in [2.45, 2.75) is 45.2 Å². The molecule has 18 heavy (non-hydrogen) atoms. The van der Waals surface area contributed by atoms with Gasteiger partial charge in [0.25, 0.3) is 0 Å². The van der Waals surface area contributed by atoms with Gasteiger partial charge in [0.1, 0.15) is 6.04 Å². The zero-order chi connectivity index (χ0) is 14.0. The van der Waals surface area contributed by atoms with E-state index in [1.807, 2.05) is 20.1 Å². The lowest BCUT2D eigenvalue weighted by molar-refractivity contribution is -0.141. The van der Waals surface area contributed by atoms with Crippen molar-refractivity contribution in [1.82, 2.24) is 10.6 Å². The predicted molar refractivity (Wildman–Crippen MR) is 74.9 cm³/mol. The zero-order valence-corrected chi connectivity index (χ0v) is 12.2. The maximum Gasteiger partial charge on any atom is 0.326 e. The minimum absolute atomic E-state index is 0.186. The van der Waals surface area contributed by atoms with Crippen molar-refractivity contribution >= 4 is 23.6 Å². The van der Waals surface area contributed by atoms with E-state index in [1.54, 1.807) is 11.8 Å². The number of aliphatic carboxylic acids is 1. The topological polar surface area (TPSA) is 78.4 Å². The Morgan fingerprint density at radius 1 is 1.33 bits per heavy atom. The third kappa shape index (κ3) is 9.30. The lowest BCUT2D eigenvalue weighted by Crippen LogP contribution is -2.41. The minimum Gasteiger partial charge on any atom is -0.480 e. The summed E-state index contributed by atoms with van der Waals surface area (Å²) in [5.41, 5.74) is 0. The largest absolute Gasteiger partial charge is 0.480 e. The maximum absolute atomic E-state index is 11.6. The molecule has 0 heterocycles.